The van der Waals surface area contributed by atoms with Gasteiger partial charge in [-0.15, -0.1) is 0 Å². The summed E-state index contributed by atoms with van der Waals surface area (Å²) in [6.45, 7) is 1.90. The summed E-state index contributed by atoms with van der Waals surface area (Å²) < 4.78 is 28.0. The van der Waals surface area contributed by atoms with E-state index in [0.29, 0.717) is 12.2 Å². The third-order valence-corrected chi connectivity index (χ3v) is 3.81. The summed E-state index contributed by atoms with van der Waals surface area (Å²) in [5.41, 5.74) is 6.33. The van der Waals surface area contributed by atoms with Gasteiger partial charge in [0.05, 0.1) is 6.20 Å². The van der Waals surface area contributed by atoms with Crippen LogP contribution in [0, 0.1) is 0 Å². The molecule has 9 heteroatoms. The molecule has 0 saturated heterocycles. The van der Waals surface area contributed by atoms with Gasteiger partial charge < -0.3 is 5.73 Å². The van der Waals surface area contributed by atoms with E-state index in [1.165, 1.54) is 10.9 Å². The van der Waals surface area contributed by atoms with E-state index >= 15 is 0 Å². The number of hydrogen-bond acceptors (Lipinski definition) is 5. The highest BCUT2D eigenvalue weighted by molar-refractivity contribution is 7.92. The quantitative estimate of drug-likeness (QED) is 0.727. The molecule has 0 bridgehead atoms. The summed E-state index contributed by atoms with van der Waals surface area (Å²) in [7, 11) is -2.16. The second-order valence-corrected chi connectivity index (χ2v) is 5.43. The van der Waals surface area contributed by atoms with E-state index in [1.54, 1.807) is 13.2 Å². The Morgan fingerprint density at radius 2 is 2.28 bits per heavy atom. The van der Waals surface area contributed by atoms with Crippen molar-refractivity contribution in [1.29, 1.82) is 0 Å². The SMILES string of the molecule is CCc1cn[nH]c1NS(=O)(=O)c1cn(C)nc1N. The van der Waals surface area contributed by atoms with Crippen LogP contribution in [0.2, 0.25) is 0 Å². The first-order valence-electron chi connectivity index (χ1n) is 5.28. The molecule has 4 N–H and O–H groups in total. The number of H-pyrrole nitrogens is 1. The van der Waals surface area contributed by atoms with Gasteiger partial charge in [0, 0.05) is 18.8 Å². The molecular formula is C9H14N6O2S. The van der Waals surface area contributed by atoms with Gasteiger partial charge in [-0.1, -0.05) is 6.92 Å². The Bertz CT molecular complexity index is 656. The van der Waals surface area contributed by atoms with Gasteiger partial charge in [0.2, 0.25) is 0 Å². The predicted molar refractivity (Wildman–Crippen MR) is 66.4 cm³/mol. The number of aromatic nitrogens is 4. The van der Waals surface area contributed by atoms with E-state index in [1.807, 2.05) is 6.92 Å². The van der Waals surface area contributed by atoms with Crippen LogP contribution in [0.15, 0.2) is 17.3 Å². The topological polar surface area (TPSA) is 119 Å². The first-order valence-corrected chi connectivity index (χ1v) is 6.76. The number of sulfonamides is 1. The maximum Gasteiger partial charge on any atom is 0.268 e. The fraction of sp³-hybridized carbons (Fsp3) is 0.333. The van der Waals surface area contributed by atoms with Gasteiger partial charge in [-0.2, -0.15) is 10.2 Å². The van der Waals surface area contributed by atoms with Crippen molar-refractivity contribution in [2.75, 3.05) is 10.5 Å². The van der Waals surface area contributed by atoms with Crippen LogP contribution in [0.3, 0.4) is 0 Å². The smallest absolute Gasteiger partial charge is 0.268 e. The number of aromatic amines is 1. The molecule has 0 aliphatic carbocycles. The lowest BCUT2D eigenvalue weighted by molar-refractivity contribution is 0.601. The lowest BCUT2D eigenvalue weighted by Crippen LogP contribution is -2.15. The van der Waals surface area contributed by atoms with E-state index in [0.717, 1.165) is 5.56 Å². The lowest BCUT2D eigenvalue weighted by atomic mass is 10.3. The van der Waals surface area contributed by atoms with Crippen LogP contribution in [0.5, 0.6) is 0 Å². The zero-order valence-electron chi connectivity index (χ0n) is 10.0. The zero-order valence-corrected chi connectivity index (χ0v) is 10.8. The van der Waals surface area contributed by atoms with Crippen LogP contribution in [-0.4, -0.2) is 28.4 Å². The Labute approximate surface area is 104 Å². The lowest BCUT2D eigenvalue weighted by Gasteiger charge is -2.05. The normalized spacial score (nSPS) is 11.7. The number of nitrogens with zero attached hydrogens (tertiary/aromatic N) is 3. The summed E-state index contributed by atoms with van der Waals surface area (Å²) in [4.78, 5) is -0.0540. The molecule has 8 nitrogen and oxygen atoms in total. The molecule has 2 rings (SSSR count). The minimum atomic E-state index is -3.76. The number of nitrogens with one attached hydrogen (secondary N) is 2. The molecule has 0 fully saturated rings. The van der Waals surface area contributed by atoms with E-state index in [9.17, 15) is 8.42 Å². The van der Waals surface area contributed by atoms with E-state index in [2.05, 4.69) is 20.0 Å². The molecule has 98 valence electrons. The van der Waals surface area contributed by atoms with Gasteiger partial charge in [-0.25, -0.2) is 8.42 Å². The zero-order chi connectivity index (χ0) is 13.3. The summed E-state index contributed by atoms with van der Waals surface area (Å²) in [6, 6.07) is 0. The highest BCUT2D eigenvalue weighted by atomic mass is 32.2. The number of nitrogens with two attached hydrogens (primary N) is 1. The van der Waals surface area contributed by atoms with Crippen LogP contribution in [0.1, 0.15) is 12.5 Å². The molecule has 0 spiro atoms. The standard InChI is InChI=1S/C9H14N6O2S/c1-3-6-4-11-12-9(6)14-18(16,17)7-5-15(2)13-8(7)10/h4-5H,3H2,1-2H3,(H2,10,13)(H2,11,12,14). The van der Waals surface area contributed by atoms with Crippen molar-refractivity contribution in [3.05, 3.63) is 18.0 Å². The highest BCUT2D eigenvalue weighted by Gasteiger charge is 2.22. The second kappa shape index (κ2) is 4.33. The molecular weight excluding hydrogens is 256 g/mol. The second-order valence-electron chi connectivity index (χ2n) is 3.78. The fourth-order valence-electron chi connectivity index (χ4n) is 1.55. The summed E-state index contributed by atoms with van der Waals surface area (Å²) in [6.07, 6.45) is 3.58. The Morgan fingerprint density at radius 3 is 2.83 bits per heavy atom. The van der Waals surface area contributed by atoms with Crippen molar-refractivity contribution >= 4 is 21.7 Å². The summed E-state index contributed by atoms with van der Waals surface area (Å²) >= 11 is 0. The van der Waals surface area contributed by atoms with Crippen LogP contribution in [0.4, 0.5) is 11.6 Å². The number of hydrogen-bond donors (Lipinski definition) is 3. The molecule has 18 heavy (non-hydrogen) atoms. The molecule has 0 aromatic carbocycles. The van der Waals surface area contributed by atoms with Gasteiger partial charge in [0.1, 0.15) is 10.7 Å². The van der Waals surface area contributed by atoms with Gasteiger partial charge >= 0.3 is 0 Å². The monoisotopic (exact) mass is 270 g/mol. The summed E-state index contributed by atoms with van der Waals surface area (Å²) in [5.74, 6) is 0.309. The number of aryl methyl sites for hydroxylation is 2. The van der Waals surface area contributed by atoms with Crippen molar-refractivity contribution in [3.63, 3.8) is 0 Å². The molecule has 0 saturated carbocycles. The first-order chi connectivity index (χ1) is 8.44. The Kier molecular flexibility index (Phi) is 2.99. The van der Waals surface area contributed by atoms with Crippen molar-refractivity contribution in [3.8, 4) is 0 Å². The fourth-order valence-corrected chi connectivity index (χ4v) is 2.71. The van der Waals surface area contributed by atoms with Crippen molar-refractivity contribution < 1.29 is 8.42 Å². The molecule has 0 amide bonds. The van der Waals surface area contributed by atoms with Gasteiger partial charge in [-0.3, -0.25) is 14.5 Å². The average molecular weight is 270 g/mol. The van der Waals surface area contributed by atoms with Gasteiger partial charge in [0.15, 0.2) is 5.82 Å². The van der Waals surface area contributed by atoms with Crippen molar-refractivity contribution in [2.24, 2.45) is 7.05 Å². The van der Waals surface area contributed by atoms with E-state index in [4.69, 9.17) is 5.73 Å². The molecule has 0 atom stereocenters. The van der Waals surface area contributed by atoms with E-state index in [-0.39, 0.29) is 10.7 Å². The van der Waals surface area contributed by atoms with Crippen molar-refractivity contribution in [1.82, 2.24) is 20.0 Å². The van der Waals surface area contributed by atoms with Gasteiger partial charge in [0.25, 0.3) is 10.0 Å². The Morgan fingerprint density at radius 1 is 1.56 bits per heavy atom. The van der Waals surface area contributed by atoms with Crippen LogP contribution in [0.25, 0.3) is 0 Å². The Hall–Kier alpha value is -2.03. The van der Waals surface area contributed by atoms with E-state index < -0.39 is 10.0 Å². The molecule has 2 aromatic heterocycles. The summed E-state index contributed by atoms with van der Waals surface area (Å²) in [5, 5.41) is 10.2. The molecule has 0 aliphatic heterocycles. The average Bonchev–Trinajstić information content (AvgIpc) is 2.84. The van der Waals surface area contributed by atoms with Crippen LogP contribution in [-0.2, 0) is 23.5 Å². The number of nitrogen functional groups attached to an aromatic ring is 1. The van der Waals surface area contributed by atoms with Crippen LogP contribution >= 0.6 is 0 Å². The largest absolute Gasteiger partial charge is 0.381 e. The molecule has 2 aromatic rings. The highest BCUT2D eigenvalue weighted by Crippen LogP contribution is 2.21. The molecule has 2 heterocycles. The number of rotatable bonds is 4. The predicted octanol–water partition coefficient (Wildman–Crippen LogP) is 0.0886. The third kappa shape index (κ3) is 2.16. The third-order valence-electron chi connectivity index (χ3n) is 2.45. The Balaban J connectivity index is 2.36. The minimum absolute atomic E-state index is 0.0393. The first kappa shape index (κ1) is 12.4. The maximum atomic E-state index is 12.1. The van der Waals surface area contributed by atoms with Gasteiger partial charge in [-0.05, 0) is 6.42 Å². The maximum absolute atomic E-state index is 12.1. The van der Waals surface area contributed by atoms with Crippen LogP contribution < -0.4 is 10.5 Å². The minimum Gasteiger partial charge on any atom is -0.381 e. The van der Waals surface area contributed by atoms with Crippen molar-refractivity contribution in [2.45, 2.75) is 18.2 Å². The molecule has 0 radical (unpaired) electrons. The molecule has 0 unspecified atom stereocenters. The number of anilines is 2. The molecule has 0 aliphatic rings.